The van der Waals surface area contributed by atoms with Gasteiger partial charge in [-0.2, -0.15) is 0 Å². The van der Waals surface area contributed by atoms with E-state index in [9.17, 15) is 0 Å². The summed E-state index contributed by atoms with van der Waals surface area (Å²) in [5.74, 6) is 0. The highest BCUT2D eigenvalue weighted by atomic mass is 35.5. The first-order valence-electron chi connectivity index (χ1n) is 4.95. The van der Waals surface area contributed by atoms with E-state index < -0.39 is 0 Å². The topological polar surface area (TPSA) is 26.0 Å². The third-order valence-electron chi connectivity index (χ3n) is 2.19. The predicted molar refractivity (Wildman–Crippen MR) is 71.2 cm³/mol. The van der Waals surface area contributed by atoms with Gasteiger partial charge >= 0.3 is 0 Å². The number of rotatable bonds is 2. The Kier molecular flexibility index (Phi) is 3.42. The largest absolute Gasteiger partial charge is 0.398 e. The summed E-state index contributed by atoms with van der Waals surface area (Å²) in [6.45, 7) is 2.08. The van der Waals surface area contributed by atoms with Crippen LogP contribution in [0.2, 0.25) is 5.02 Å². The zero-order valence-corrected chi connectivity index (χ0v) is 10.5. The van der Waals surface area contributed by atoms with Crippen LogP contribution in [0.25, 0.3) is 0 Å². The molecule has 0 aromatic heterocycles. The van der Waals surface area contributed by atoms with Gasteiger partial charge < -0.3 is 5.73 Å². The number of nitrogen functional groups attached to an aromatic ring is 1. The fraction of sp³-hybridized carbons (Fsp3) is 0.0769. The SMILES string of the molecule is Cc1cccc(Sc2ccc(Cl)cc2N)c1. The van der Waals surface area contributed by atoms with E-state index in [0.29, 0.717) is 5.02 Å². The molecule has 2 aromatic carbocycles. The smallest absolute Gasteiger partial charge is 0.0470 e. The first-order valence-corrected chi connectivity index (χ1v) is 6.14. The molecule has 0 unspecified atom stereocenters. The Bertz CT molecular complexity index is 511. The molecule has 0 saturated carbocycles. The Hall–Kier alpha value is -1.12. The minimum absolute atomic E-state index is 0.672. The van der Waals surface area contributed by atoms with Crippen LogP contribution in [0.3, 0.4) is 0 Å². The van der Waals surface area contributed by atoms with Crippen molar-refractivity contribution in [3.63, 3.8) is 0 Å². The predicted octanol–water partition coefficient (Wildman–Crippen LogP) is 4.38. The molecule has 82 valence electrons. The van der Waals surface area contributed by atoms with E-state index in [1.165, 1.54) is 10.5 Å². The Morgan fingerprint density at radius 3 is 2.62 bits per heavy atom. The average molecular weight is 250 g/mol. The van der Waals surface area contributed by atoms with Crippen molar-refractivity contribution in [3.05, 3.63) is 53.1 Å². The molecule has 0 atom stereocenters. The lowest BCUT2D eigenvalue weighted by Crippen LogP contribution is -1.87. The first-order chi connectivity index (χ1) is 7.65. The van der Waals surface area contributed by atoms with Gasteiger partial charge in [0.1, 0.15) is 0 Å². The molecule has 0 saturated heterocycles. The quantitative estimate of drug-likeness (QED) is 0.800. The molecule has 0 heterocycles. The van der Waals surface area contributed by atoms with Crippen molar-refractivity contribution >= 4 is 29.1 Å². The fourth-order valence-electron chi connectivity index (χ4n) is 1.42. The van der Waals surface area contributed by atoms with Crippen LogP contribution in [0.15, 0.2) is 52.3 Å². The third-order valence-corrected chi connectivity index (χ3v) is 3.51. The van der Waals surface area contributed by atoms with Gasteiger partial charge in [-0.25, -0.2) is 0 Å². The van der Waals surface area contributed by atoms with Gasteiger partial charge in [0, 0.05) is 20.5 Å². The molecule has 0 radical (unpaired) electrons. The molecular formula is C13H12ClNS. The monoisotopic (exact) mass is 249 g/mol. The highest BCUT2D eigenvalue weighted by Gasteiger charge is 2.02. The molecule has 0 fully saturated rings. The van der Waals surface area contributed by atoms with Crippen LogP contribution in [0, 0.1) is 6.92 Å². The van der Waals surface area contributed by atoms with E-state index in [2.05, 4.69) is 25.1 Å². The third kappa shape index (κ3) is 2.71. The van der Waals surface area contributed by atoms with Crippen LogP contribution < -0.4 is 5.73 Å². The van der Waals surface area contributed by atoms with Crippen molar-refractivity contribution in [1.29, 1.82) is 0 Å². The molecule has 2 aromatic rings. The van der Waals surface area contributed by atoms with E-state index in [-0.39, 0.29) is 0 Å². The minimum atomic E-state index is 0.672. The van der Waals surface area contributed by atoms with Gasteiger partial charge in [0.05, 0.1) is 0 Å². The van der Waals surface area contributed by atoms with Crippen molar-refractivity contribution in [1.82, 2.24) is 0 Å². The van der Waals surface area contributed by atoms with E-state index in [4.69, 9.17) is 17.3 Å². The molecule has 16 heavy (non-hydrogen) atoms. The molecular weight excluding hydrogens is 238 g/mol. The highest BCUT2D eigenvalue weighted by molar-refractivity contribution is 7.99. The van der Waals surface area contributed by atoms with Gasteiger partial charge in [0.15, 0.2) is 0 Å². The molecule has 0 amide bonds. The summed E-state index contributed by atoms with van der Waals surface area (Å²) in [5, 5.41) is 0.672. The van der Waals surface area contributed by atoms with Gasteiger partial charge in [0.25, 0.3) is 0 Å². The number of hydrogen-bond donors (Lipinski definition) is 1. The van der Waals surface area contributed by atoms with E-state index in [1.807, 2.05) is 18.2 Å². The van der Waals surface area contributed by atoms with Crippen molar-refractivity contribution in [3.8, 4) is 0 Å². The Morgan fingerprint density at radius 2 is 1.94 bits per heavy atom. The molecule has 0 aliphatic rings. The number of aryl methyl sites for hydroxylation is 1. The normalized spacial score (nSPS) is 10.4. The summed E-state index contributed by atoms with van der Waals surface area (Å²) in [5.41, 5.74) is 7.87. The standard InChI is InChI=1S/C13H12ClNS/c1-9-3-2-4-11(7-9)16-13-6-5-10(14)8-12(13)15/h2-8H,15H2,1H3. The van der Waals surface area contributed by atoms with Gasteiger partial charge in [-0.1, -0.05) is 41.1 Å². The lowest BCUT2D eigenvalue weighted by molar-refractivity contribution is 1.35. The number of nitrogens with two attached hydrogens (primary N) is 1. The lowest BCUT2D eigenvalue weighted by Gasteiger charge is -2.06. The summed E-state index contributed by atoms with van der Waals surface area (Å²) in [7, 11) is 0. The van der Waals surface area contributed by atoms with Crippen LogP contribution in [-0.2, 0) is 0 Å². The van der Waals surface area contributed by atoms with Crippen LogP contribution in [0.4, 0.5) is 5.69 Å². The van der Waals surface area contributed by atoms with E-state index in [1.54, 1.807) is 17.8 Å². The number of anilines is 1. The number of halogens is 1. The molecule has 3 heteroatoms. The Balaban J connectivity index is 2.27. The Morgan fingerprint density at radius 1 is 1.12 bits per heavy atom. The van der Waals surface area contributed by atoms with Crippen molar-refractivity contribution in [2.45, 2.75) is 16.7 Å². The van der Waals surface area contributed by atoms with Crippen molar-refractivity contribution in [2.75, 3.05) is 5.73 Å². The summed E-state index contributed by atoms with van der Waals surface area (Å²) >= 11 is 7.51. The zero-order chi connectivity index (χ0) is 11.5. The fourth-order valence-corrected chi connectivity index (χ4v) is 2.56. The second kappa shape index (κ2) is 4.81. The van der Waals surface area contributed by atoms with Crippen LogP contribution >= 0.6 is 23.4 Å². The summed E-state index contributed by atoms with van der Waals surface area (Å²) in [6, 6.07) is 13.9. The maximum atomic E-state index is 5.90. The summed E-state index contributed by atoms with van der Waals surface area (Å²) < 4.78 is 0. The highest BCUT2D eigenvalue weighted by Crippen LogP contribution is 2.33. The van der Waals surface area contributed by atoms with Crippen molar-refractivity contribution in [2.24, 2.45) is 0 Å². The van der Waals surface area contributed by atoms with Gasteiger partial charge in [-0.05, 0) is 37.3 Å². The molecule has 2 N–H and O–H groups in total. The average Bonchev–Trinajstić information content (AvgIpc) is 2.22. The van der Waals surface area contributed by atoms with Crippen LogP contribution in [-0.4, -0.2) is 0 Å². The zero-order valence-electron chi connectivity index (χ0n) is 8.91. The first kappa shape index (κ1) is 11.4. The Labute approximate surface area is 105 Å². The minimum Gasteiger partial charge on any atom is -0.398 e. The maximum absolute atomic E-state index is 5.90. The second-order valence-electron chi connectivity index (χ2n) is 3.60. The number of benzene rings is 2. The van der Waals surface area contributed by atoms with Gasteiger partial charge in [-0.15, -0.1) is 0 Å². The maximum Gasteiger partial charge on any atom is 0.0470 e. The van der Waals surface area contributed by atoms with Gasteiger partial charge in [0.2, 0.25) is 0 Å². The van der Waals surface area contributed by atoms with Crippen LogP contribution in [0.1, 0.15) is 5.56 Å². The number of hydrogen-bond acceptors (Lipinski definition) is 2. The lowest BCUT2D eigenvalue weighted by atomic mass is 10.2. The van der Waals surface area contributed by atoms with Crippen LogP contribution in [0.5, 0.6) is 0 Å². The summed E-state index contributed by atoms with van der Waals surface area (Å²) in [4.78, 5) is 2.23. The van der Waals surface area contributed by atoms with Gasteiger partial charge in [-0.3, -0.25) is 0 Å². The molecule has 0 aliphatic carbocycles. The second-order valence-corrected chi connectivity index (χ2v) is 5.15. The molecule has 0 spiro atoms. The molecule has 1 nitrogen and oxygen atoms in total. The van der Waals surface area contributed by atoms with E-state index >= 15 is 0 Å². The molecule has 0 bridgehead atoms. The summed E-state index contributed by atoms with van der Waals surface area (Å²) in [6.07, 6.45) is 0. The van der Waals surface area contributed by atoms with Crippen molar-refractivity contribution < 1.29 is 0 Å². The van der Waals surface area contributed by atoms with E-state index in [0.717, 1.165) is 10.6 Å². The molecule has 2 rings (SSSR count). The molecule has 0 aliphatic heterocycles.